The molecular weight excluding hydrogens is 214 g/mol. The molecule has 0 saturated heterocycles. The first-order valence-electron chi connectivity index (χ1n) is 5.65. The molecule has 1 aromatic carbocycles. The molecule has 0 aliphatic heterocycles. The lowest BCUT2D eigenvalue weighted by atomic mass is 10.2. The Morgan fingerprint density at radius 1 is 1.24 bits per heavy atom. The van der Waals surface area contributed by atoms with Crippen molar-refractivity contribution >= 4 is 5.69 Å². The van der Waals surface area contributed by atoms with Crippen molar-refractivity contribution in [1.29, 1.82) is 0 Å². The Hall–Kier alpha value is -1.97. The van der Waals surface area contributed by atoms with Crippen molar-refractivity contribution < 1.29 is 4.74 Å². The highest BCUT2D eigenvalue weighted by Crippen LogP contribution is 2.14. The van der Waals surface area contributed by atoms with Gasteiger partial charge in [0.05, 0.1) is 12.3 Å². The molecule has 0 atom stereocenters. The standard InChI is InChI=1S/C13H17N3O/c1-9-10(2)15-16-13(9)7-8-17-12-5-3-11(14)4-6-12/h3-6H,7-8,14H2,1-2H3,(H,15,16). The monoisotopic (exact) mass is 231 g/mol. The van der Waals surface area contributed by atoms with Gasteiger partial charge in [0, 0.05) is 17.8 Å². The van der Waals surface area contributed by atoms with Gasteiger partial charge in [-0.15, -0.1) is 0 Å². The molecule has 90 valence electrons. The highest BCUT2D eigenvalue weighted by atomic mass is 16.5. The molecule has 4 heteroatoms. The second kappa shape index (κ2) is 4.91. The molecule has 1 heterocycles. The lowest BCUT2D eigenvalue weighted by Crippen LogP contribution is -2.02. The number of hydrogen-bond acceptors (Lipinski definition) is 3. The van der Waals surface area contributed by atoms with E-state index in [0.717, 1.165) is 29.2 Å². The third-order valence-electron chi connectivity index (χ3n) is 2.84. The molecule has 2 rings (SSSR count). The summed E-state index contributed by atoms with van der Waals surface area (Å²) >= 11 is 0. The summed E-state index contributed by atoms with van der Waals surface area (Å²) in [6.45, 7) is 4.71. The van der Waals surface area contributed by atoms with Gasteiger partial charge >= 0.3 is 0 Å². The van der Waals surface area contributed by atoms with Crippen LogP contribution in [-0.2, 0) is 6.42 Å². The summed E-state index contributed by atoms with van der Waals surface area (Å²) in [4.78, 5) is 0. The van der Waals surface area contributed by atoms with E-state index in [9.17, 15) is 0 Å². The summed E-state index contributed by atoms with van der Waals surface area (Å²) in [5.74, 6) is 0.837. The molecule has 0 unspecified atom stereocenters. The van der Waals surface area contributed by atoms with Crippen molar-refractivity contribution in [3.05, 3.63) is 41.2 Å². The van der Waals surface area contributed by atoms with E-state index in [1.54, 1.807) is 0 Å². The van der Waals surface area contributed by atoms with Crippen LogP contribution in [-0.4, -0.2) is 16.8 Å². The van der Waals surface area contributed by atoms with Gasteiger partial charge in [-0.3, -0.25) is 5.10 Å². The van der Waals surface area contributed by atoms with Crippen LogP contribution >= 0.6 is 0 Å². The number of aromatic nitrogens is 2. The third kappa shape index (κ3) is 2.78. The maximum Gasteiger partial charge on any atom is 0.119 e. The van der Waals surface area contributed by atoms with E-state index in [0.29, 0.717) is 6.61 Å². The van der Waals surface area contributed by atoms with Gasteiger partial charge in [-0.05, 0) is 43.7 Å². The zero-order valence-corrected chi connectivity index (χ0v) is 10.2. The number of H-pyrrole nitrogens is 1. The van der Waals surface area contributed by atoms with E-state index < -0.39 is 0 Å². The van der Waals surface area contributed by atoms with Crippen molar-refractivity contribution in [1.82, 2.24) is 10.2 Å². The van der Waals surface area contributed by atoms with Crippen LogP contribution in [0.15, 0.2) is 24.3 Å². The van der Waals surface area contributed by atoms with Gasteiger partial charge in [-0.1, -0.05) is 0 Å². The molecule has 4 nitrogen and oxygen atoms in total. The number of nitrogens with zero attached hydrogens (tertiary/aromatic N) is 1. The highest BCUT2D eigenvalue weighted by molar-refractivity contribution is 5.41. The Balaban J connectivity index is 1.87. The Labute approximate surface area is 101 Å². The molecule has 0 aliphatic carbocycles. The van der Waals surface area contributed by atoms with Gasteiger partial charge in [0.2, 0.25) is 0 Å². The summed E-state index contributed by atoms with van der Waals surface area (Å²) in [5, 5.41) is 7.21. The Morgan fingerprint density at radius 2 is 1.94 bits per heavy atom. The predicted octanol–water partition coefficient (Wildman–Crippen LogP) is 2.23. The van der Waals surface area contributed by atoms with Crippen molar-refractivity contribution in [3.8, 4) is 5.75 Å². The number of anilines is 1. The average molecular weight is 231 g/mol. The molecule has 0 fully saturated rings. The van der Waals surface area contributed by atoms with Crippen molar-refractivity contribution in [2.24, 2.45) is 0 Å². The fourth-order valence-electron chi connectivity index (χ4n) is 1.61. The van der Waals surface area contributed by atoms with Crippen LogP contribution in [0, 0.1) is 13.8 Å². The third-order valence-corrected chi connectivity index (χ3v) is 2.84. The molecule has 0 spiro atoms. The minimum absolute atomic E-state index is 0.620. The second-order valence-electron chi connectivity index (χ2n) is 4.09. The number of hydrogen-bond donors (Lipinski definition) is 2. The van der Waals surface area contributed by atoms with Crippen LogP contribution in [0.1, 0.15) is 17.0 Å². The molecule has 2 aromatic rings. The van der Waals surface area contributed by atoms with E-state index >= 15 is 0 Å². The van der Waals surface area contributed by atoms with E-state index in [1.165, 1.54) is 5.56 Å². The SMILES string of the molecule is Cc1[nH]nc(CCOc2ccc(N)cc2)c1C. The molecular formula is C13H17N3O. The van der Waals surface area contributed by atoms with Crippen LogP contribution in [0.3, 0.4) is 0 Å². The number of rotatable bonds is 4. The Bertz CT molecular complexity index is 488. The molecule has 3 N–H and O–H groups in total. The van der Waals surface area contributed by atoms with Crippen molar-refractivity contribution in [2.75, 3.05) is 12.3 Å². The zero-order chi connectivity index (χ0) is 12.3. The van der Waals surface area contributed by atoms with Crippen molar-refractivity contribution in [2.45, 2.75) is 20.3 Å². The van der Waals surface area contributed by atoms with E-state index in [1.807, 2.05) is 31.2 Å². The van der Waals surface area contributed by atoms with Gasteiger partial charge in [0.1, 0.15) is 5.75 Å². The smallest absolute Gasteiger partial charge is 0.119 e. The van der Waals surface area contributed by atoms with E-state index in [2.05, 4.69) is 17.1 Å². The summed E-state index contributed by atoms with van der Waals surface area (Å²) in [6.07, 6.45) is 0.806. The Morgan fingerprint density at radius 3 is 2.53 bits per heavy atom. The number of aromatic amines is 1. The van der Waals surface area contributed by atoms with Gasteiger partial charge in [-0.2, -0.15) is 5.10 Å². The quantitative estimate of drug-likeness (QED) is 0.793. The molecule has 1 aromatic heterocycles. The van der Waals surface area contributed by atoms with E-state index in [4.69, 9.17) is 10.5 Å². The number of aryl methyl sites for hydroxylation is 1. The molecule has 0 aliphatic rings. The van der Waals surface area contributed by atoms with Gasteiger partial charge in [0.25, 0.3) is 0 Å². The summed E-state index contributed by atoms with van der Waals surface area (Å²) in [7, 11) is 0. The number of benzene rings is 1. The number of nitrogens with one attached hydrogen (secondary N) is 1. The second-order valence-corrected chi connectivity index (χ2v) is 4.09. The number of nitrogen functional groups attached to an aromatic ring is 1. The zero-order valence-electron chi connectivity index (χ0n) is 10.2. The largest absolute Gasteiger partial charge is 0.493 e. The van der Waals surface area contributed by atoms with Crippen LogP contribution in [0.2, 0.25) is 0 Å². The molecule has 0 amide bonds. The lowest BCUT2D eigenvalue weighted by molar-refractivity contribution is 0.320. The molecule has 0 saturated carbocycles. The molecule has 0 radical (unpaired) electrons. The van der Waals surface area contributed by atoms with Gasteiger partial charge < -0.3 is 10.5 Å². The number of nitrogens with two attached hydrogens (primary N) is 1. The normalized spacial score (nSPS) is 10.5. The first kappa shape index (κ1) is 11.5. The van der Waals surface area contributed by atoms with Gasteiger partial charge in [0.15, 0.2) is 0 Å². The maximum absolute atomic E-state index is 5.62. The topological polar surface area (TPSA) is 63.9 Å². The summed E-state index contributed by atoms with van der Waals surface area (Å²) in [6, 6.07) is 7.41. The summed E-state index contributed by atoms with van der Waals surface area (Å²) < 4.78 is 5.62. The van der Waals surface area contributed by atoms with Crippen LogP contribution in [0.5, 0.6) is 5.75 Å². The highest BCUT2D eigenvalue weighted by Gasteiger charge is 2.05. The van der Waals surface area contributed by atoms with Gasteiger partial charge in [-0.25, -0.2) is 0 Å². The van der Waals surface area contributed by atoms with Crippen LogP contribution < -0.4 is 10.5 Å². The fraction of sp³-hybridized carbons (Fsp3) is 0.308. The predicted molar refractivity (Wildman–Crippen MR) is 68.1 cm³/mol. The minimum Gasteiger partial charge on any atom is -0.493 e. The minimum atomic E-state index is 0.620. The first-order chi connectivity index (χ1) is 8.16. The van der Waals surface area contributed by atoms with E-state index in [-0.39, 0.29) is 0 Å². The summed E-state index contributed by atoms with van der Waals surface area (Å²) in [5.41, 5.74) is 9.75. The molecule has 0 bridgehead atoms. The Kier molecular flexibility index (Phi) is 3.32. The fourth-order valence-corrected chi connectivity index (χ4v) is 1.61. The van der Waals surface area contributed by atoms with Crippen LogP contribution in [0.25, 0.3) is 0 Å². The maximum atomic E-state index is 5.62. The first-order valence-corrected chi connectivity index (χ1v) is 5.65. The average Bonchev–Trinajstić information content (AvgIpc) is 2.64. The van der Waals surface area contributed by atoms with Crippen molar-refractivity contribution in [3.63, 3.8) is 0 Å². The molecule has 17 heavy (non-hydrogen) atoms. The number of ether oxygens (including phenoxy) is 1. The lowest BCUT2D eigenvalue weighted by Gasteiger charge is -2.05. The van der Waals surface area contributed by atoms with Crippen LogP contribution in [0.4, 0.5) is 5.69 Å².